The van der Waals surface area contributed by atoms with Crippen molar-refractivity contribution in [1.29, 1.82) is 0 Å². The standard InChI is InChI=1S/C11H18BN3O3/c1-10(2)11(3,4)18-12(17-10)7-6-14-9(13)15-8(7)16-5/h6H,1-5H3,(H2,13,14,15). The average Bonchev–Trinajstić information content (AvgIpc) is 2.47. The number of nitrogens with two attached hydrogens (primary N) is 1. The van der Waals surface area contributed by atoms with Crippen LogP contribution in [0.1, 0.15) is 27.7 Å². The van der Waals surface area contributed by atoms with Crippen LogP contribution in [-0.4, -0.2) is 35.4 Å². The molecule has 0 aliphatic carbocycles. The molecule has 0 aromatic carbocycles. The topological polar surface area (TPSA) is 79.5 Å². The molecular formula is C11H18BN3O3. The zero-order valence-electron chi connectivity index (χ0n) is 11.4. The third-order valence-corrected chi connectivity index (χ3v) is 3.50. The van der Waals surface area contributed by atoms with Gasteiger partial charge in [0.05, 0.1) is 23.8 Å². The SMILES string of the molecule is COc1nc(N)ncc1B1OC(C)(C)C(C)(C)O1. The van der Waals surface area contributed by atoms with Crippen molar-refractivity contribution < 1.29 is 14.0 Å². The van der Waals surface area contributed by atoms with Gasteiger partial charge in [0.1, 0.15) is 0 Å². The highest BCUT2D eigenvalue weighted by Crippen LogP contribution is 2.36. The highest BCUT2D eigenvalue weighted by atomic mass is 16.7. The Kier molecular flexibility index (Phi) is 2.99. The quantitative estimate of drug-likeness (QED) is 0.765. The Morgan fingerprint density at radius 3 is 2.28 bits per heavy atom. The molecule has 1 saturated heterocycles. The maximum absolute atomic E-state index is 5.91. The van der Waals surface area contributed by atoms with Gasteiger partial charge in [0.15, 0.2) is 0 Å². The van der Waals surface area contributed by atoms with Crippen LogP contribution in [0.4, 0.5) is 5.95 Å². The van der Waals surface area contributed by atoms with Gasteiger partial charge in [0, 0.05) is 6.20 Å². The van der Waals surface area contributed by atoms with Gasteiger partial charge in [-0.25, -0.2) is 4.98 Å². The molecule has 0 spiro atoms. The van der Waals surface area contributed by atoms with Crippen molar-refractivity contribution in [1.82, 2.24) is 9.97 Å². The number of rotatable bonds is 2. The first-order valence-electron chi connectivity index (χ1n) is 5.79. The number of nitrogen functional groups attached to an aromatic ring is 1. The van der Waals surface area contributed by atoms with E-state index in [9.17, 15) is 0 Å². The molecule has 1 aliphatic heterocycles. The molecule has 2 N–H and O–H groups in total. The van der Waals surface area contributed by atoms with Gasteiger partial charge in [-0.15, -0.1) is 0 Å². The molecule has 2 rings (SSSR count). The maximum Gasteiger partial charge on any atom is 0.502 e. The molecule has 1 aromatic rings. The predicted octanol–water partition coefficient (Wildman–Crippen LogP) is 0.367. The minimum atomic E-state index is -0.550. The minimum Gasteiger partial charge on any atom is -0.481 e. The second-order valence-corrected chi connectivity index (χ2v) is 5.28. The molecule has 0 amide bonds. The first-order chi connectivity index (χ1) is 8.27. The second-order valence-electron chi connectivity index (χ2n) is 5.28. The molecule has 7 heteroatoms. The Morgan fingerprint density at radius 2 is 1.78 bits per heavy atom. The zero-order valence-corrected chi connectivity index (χ0v) is 11.4. The zero-order chi connectivity index (χ0) is 13.6. The second kappa shape index (κ2) is 4.10. The summed E-state index contributed by atoms with van der Waals surface area (Å²) in [5.41, 5.74) is 5.34. The van der Waals surface area contributed by atoms with Crippen molar-refractivity contribution in [2.45, 2.75) is 38.9 Å². The molecule has 0 bridgehead atoms. The first-order valence-corrected chi connectivity index (χ1v) is 5.79. The van der Waals surface area contributed by atoms with Crippen molar-refractivity contribution >= 4 is 18.5 Å². The van der Waals surface area contributed by atoms with E-state index in [4.69, 9.17) is 19.8 Å². The Hall–Kier alpha value is -1.34. The Morgan fingerprint density at radius 1 is 1.22 bits per heavy atom. The highest BCUT2D eigenvalue weighted by Gasteiger charge is 2.52. The molecule has 18 heavy (non-hydrogen) atoms. The molecule has 6 nitrogen and oxygen atoms in total. The van der Waals surface area contributed by atoms with Gasteiger partial charge in [0.25, 0.3) is 0 Å². The number of hydrogen-bond donors (Lipinski definition) is 1. The van der Waals surface area contributed by atoms with Crippen LogP contribution in [0.5, 0.6) is 5.88 Å². The van der Waals surface area contributed by atoms with Crippen molar-refractivity contribution in [2.75, 3.05) is 12.8 Å². The smallest absolute Gasteiger partial charge is 0.481 e. The number of nitrogens with zero attached hydrogens (tertiary/aromatic N) is 2. The van der Waals surface area contributed by atoms with Gasteiger partial charge in [-0.05, 0) is 27.7 Å². The summed E-state index contributed by atoms with van der Waals surface area (Å²) in [5, 5.41) is 0. The van der Waals surface area contributed by atoms with E-state index in [1.54, 1.807) is 6.20 Å². The lowest BCUT2D eigenvalue weighted by molar-refractivity contribution is 0.00578. The van der Waals surface area contributed by atoms with Gasteiger partial charge in [-0.1, -0.05) is 0 Å². The van der Waals surface area contributed by atoms with Crippen LogP contribution in [0, 0.1) is 0 Å². The van der Waals surface area contributed by atoms with E-state index >= 15 is 0 Å². The molecule has 0 atom stereocenters. The number of methoxy groups -OCH3 is 1. The lowest BCUT2D eigenvalue weighted by atomic mass is 9.81. The monoisotopic (exact) mass is 251 g/mol. The minimum absolute atomic E-state index is 0.159. The van der Waals surface area contributed by atoms with E-state index in [1.807, 2.05) is 27.7 Å². The molecule has 1 fully saturated rings. The van der Waals surface area contributed by atoms with Crippen LogP contribution >= 0.6 is 0 Å². The molecule has 0 saturated carbocycles. The van der Waals surface area contributed by atoms with Crippen LogP contribution in [0.2, 0.25) is 0 Å². The largest absolute Gasteiger partial charge is 0.502 e. The Balaban J connectivity index is 2.35. The van der Waals surface area contributed by atoms with E-state index in [2.05, 4.69) is 9.97 Å². The lowest BCUT2D eigenvalue weighted by Gasteiger charge is -2.32. The highest BCUT2D eigenvalue weighted by molar-refractivity contribution is 6.63. The Labute approximate surface area is 107 Å². The van der Waals surface area contributed by atoms with Crippen LogP contribution in [-0.2, 0) is 9.31 Å². The molecule has 98 valence electrons. The normalized spacial score (nSPS) is 21.1. The van der Waals surface area contributed by atoms with Crippen molar-refractivity contribution in [2.24, 2.45) is 0 Å². The summed E-state index contributed by atoms with van der Waals surface area (Å²) < 4.78 is 17.0. The molecule has 1 aromatic heterocycles. The third-order valence-electron chi connectivity index (χ3n) is 3.50. The molecule has 1 aliphatic rings. The predicted molar refractivity (Wildman–Crippen MR) is 68.7 cm³/mol. The number of ether oxygens (including phenoxy) is 1. The summed E-state index contributed by atoms with van der Waals surface area (Å²) in [7, 11) is 0.974. The fourth-order valence-corrected chi connectivity index (χ4v) is 1.68. The van der Waals surface area contributed by atoms with Crippen molar-refractivity contribution in [3.8, 4) is 5.88 Å². The van der Waals surface area contributed by atoms with E-state index in [0.717, 1.165) is 0 Å². The van der Waals surface area contributed by atoms with Crippen molar-refractivity contribution in [3.05, 3.63) is 6.20 Å². The summed E-state index contributed by atoms with van der Waals surface area (Å²) in [5.74, 6) is 0.535. The van der Waals surface area contributed by atoms with E-state index in [1.165, 1.54) is 7.11 Å². The average molecular weight is 251 g/mol. The summed E-state index contributed by atoms with van der Waals surface area (Å²) in [6.07, 6.45) is 1.57. The number of hydrogen-bond acceptors (Lipinski definition) is 6. The summed E-state index contributed by atoms with van der Waals surface area (Å²) in [6.45, 7) is 7.94. The summed E-state index contributed by atoms with van der Waals surface area (Å²) >= 11 is 0. The van der Waals surface area contributed by atoms with E-state index < -0.39 is 18.3 Å². The van der Waals surface area contributed by atoms with Crippen LogP contribution in [0.15, 0.2) is 6.20 Å². The van der Waals surface area contributed by atoms with Crippen molar-refractivity contribution in [3.63, 3.8) is 0 Å². The van der Waals surface area contributed by atoms with E-state index in [0.29, 0.717) is 11.3 Å². The Bertz CT molecular complexity index is 449. The fourth-order valence-electron chi connectivity index (χ4n) is 1.68. The summed E-state index contributed by atoms with van der Waals surface area (Å²) in [6, 6.07) is 0. The lowest BCUT2D eigenvalue weighted by Crippen LogP contribution is -2.41. The van der Waals surface area contributed by atoms with Crippen LogP contribution < -0.4 is 15.9 Å². The van der Waals surface area contributed by atoms with Crippen LogP contribution in [0.3, 0.4) is 0 Å². The summed E-state index contributed by atoms with van der Waals surface area (Å²) in [4.78, 5) is 7.97. The molecule has 2 heterocycles. The molecular weight excluding hydrogens is 233 g/mol. The fraction of sp³-hybridized carbons (Fsp3) is 0.636. The van der Waals surface area contributed by atoms with E-state index in [-0.39, 0.29) is 5.95 Å². The first kappa shape index (κ1) is 13.1. The maximum atomic E-state index is 5.91. The third kappa shape index (κ3) is 2.04. The number of aromatic nitrogens is 2. The number of anilines is 1. The van der Waals surface area contributed by atoms with Gasteiger partial charge in [-0.2, -0.15) is 4.98 Å². The van der Waals surface area contributed by atoms with Gasteiger partial charge >= 0.3 is 7.12 Å². The molecule has 0 unspecified atom stereocenters. The van der Waals surface area contributed by atoms with Gasteiger partial charge < -0.3 is 19.8 Å². The van der Waals surface area contributed by atoms with Gasteiger partial charge in [0.2, 0.25) is 11.8 Å². The van der Waals surface area contributed by atoms with Crippen LogP contribution in [0.25, 0.3) is 0 Å². The molecule has 0 radical (unpaired) electrons. The van der Waals surface area contributed by atoms with Gasteiger partial charge in [-0.3, -0.25) is 0 Å².